The second kappa shape index (κ2) is 54.6. The van der Waals surface area contributed by atoms with Crippen LogP contribution >= 0.6 is 0 Å². The van der Waals surface area contributed by atoms with Gasteiger partial charge in [-0.1, -0.05) is 0 Å². The number of unbranched alkanes of at least 4 members (excludes halogenated alkanes) is 2. The van der Waals surface area contributed by atoms with Gasteiger partial charge in [-0.05, 0) is 64.2 Å². The molecule has 0 aromatic rings. The predicted molar refractivity (Wildman–Crippen MR) is 253 cm³/mol. The molecular weight excluding hydrogens is 913 g/mol. The van der Waals surface area contributed by atoms with Gasteiger partial charge in [0, 0.05) is 78.7 Å². The SMILES string of the molecule is O=C(CCOCCOCCOCCOCCOCCC(=O)NCCCOCCOCCOCCCNC(=O)[C@@H](O)CCCCO)NCCCOCCOCCOCCCNC(=O)[C@@H](O)CCCCO. The van der Waals surface area contributed by atoms with Crippen molar-refractivity contribution in [1.82, 2.24) is 21.3 Å². The molecule has 4 amide bonds. The van der Waals surface area contributed by atoms with Gasteiger partial charge in [0.1, 0.15) is 12.2 Å². The molecule has 0 radical (unpaired) electrons. The van der Waals surface area contributed by atoms with Crippen LogP contribution in [-0.4, -0.2) is 241 Å². The number of rotatable bonds is 56. The minimum Gasteiger partial charge on any atom is -0.396 e. The van der Waals surface area contributed by atoms with E-state index in [1.165, 1.54) is 0 Å². The van der Waals surface area contributed by atoms with Gasteiger partial charge in [-0.2, -0.15) is 0 Å². The molecule has 0 aliphatic rings. The zero-order valence-electron chi connectivity index (χ0n) is 41.4. The Kier molecular flexibility index (Phi) is 52.5. The topological polar surface area (TPSA) is 299 Å². The summed E-state index contributed by atoms with van der Waals surface area (Å²) >= 11 is 0. The van der Waals surface area contributed by atoms with E-state index in [9.17, 15) is 29.4 Å². The van der Waals surface area contributed by atoms with Gasteiger partial charge < -0.3 is 93.8 Å². The molecule has 0 aromatic carbocycles. The summed E-state index contributed by atoms with van der Waals surface area (Å²) in [7, 11) is 0. The van der Waals surface area contributed by atoms with E-state index in [1.54, 1.807) is 0 Å². The van der Waals surface area contributed by atoms with E-state index in [-0.39, 0.29) is 37.9 Å². The number of amides is 4. The normalized spacial score (nSPS) is 12.2. The standard InChI is InChI=1S/C46H90N4O19/c51-17-3-1-9-41(53)45(57)49-15-7-21-61-27-33-65-31-25-59-19-5-13-47-43(55)11-23-63-29-35-67-37-39-69-40-38-68-36-30-64-24-12-44(56)48-14-6-20-60-26-32-66-34-28-62-22-8-16-50-46(58)42(54)10-2-4-18-52/h41-42,51-54H,1-40H2,(H,47,55)(H,48,56)(H,49,57)(H,50,58)/t41-,42-/m0/s1. The van der Waals surface area contributed by atoms with Gasteiger partial charge in [-0.15, -0.1) is 0 Å². The number of aliphatic hydroxyl groups is 4. The summed E-state index contributed by atoms with van der Waals surface area (Å²) in [6.07, 6.45) is 4.04. The summed E-state index contributed by atoms with van der Waals surface area (Å²) < 4.78 is 60.2. The third-order valence-corrected chi connectivity index (χ3v) is 9.40. The van der Waals surface area contributed by atoms with Gasteiger partial charge in [0.25, 0.3) is 0 Å². The van der Waals surface area contributed by atoms with E-state index in [0.29, 0.717) is 236 Å². The van der Waals surface area contributed by atoms with Gasteiger partial charge in [-0.3, -0.25) is 19.2 Å². The van der Waals surface area contributed by atoms with Gasteiger partial charge in [0.05, 0.1) is 119 Å². The maximum absolute atomic E-state index is 12.0. The monoisotopic (exact) mass is 1000 g/mol. The number of nitrogens with one attached hydrogen (secondary N) is 4. The summed E-state index contributed by atoms with van der Waals surface area (Å²) in [5.74, 6) is -0.984. The second-order valence-corrected chi connectivity index (χ2v) is 15.4. The molecule has 0 bridgehead atoms. The summed E-state index contributed by atoms with van der Waals surface area (Å²) in [5, 5.41) is 48.0. The zero-order valence-corrected chi connectivity index (χ0v) is 41.4. The fraction of sp³-hybridized carbons (Fsp3) is 0.913. The smallest absolute Gasteiger partial charge is 0.248 e. The minimum atomic E-state index is -1.05. The zero-order chi connectivity index (χ0) is 50.4. The number of hydrogen-bond acceptors (Lipinski definition) is 19. The van der Waals surface area contributed by atoms with Crippen molar-refractivity contribution in [3.63, 3.8) is 0 Å². The van der Waals surface area contributed by atoms with Gasteiger partial charge in [0.15, 0.2) is 0 Å². The lowest BCUT2D eigenvalue weighted by Crippen LogP contribution is -2.35. The molecule has 0 fully saturated rings. The van der Waals surface area contributed by atoms with E-state index in [2.05, 4.69) is 21.3 Å². The summed E-state index contributed by atoms with van der Waals surface area (Å²) in [5.41, 5.74) is 0. The first-order chi connectivity index (χ1) is 33.8. The fourth-order valence-corrected chi connectivity index (χ4v) is 5.54. The van der Waals surface area contributed by atoms with Crippen LogP contribution in [0, 0.1) is 0 Å². The molecule has 23 nitrogen and oxygen atoms in total. The Hall–Kier alpha value is -2.72. The van der Waals surface area contributed by atoms with E-state index >= 15 is 0 Å². The molecule has 408 valence electrons. The van der Waals surface area contributed by atoms with Crippen molar-refractivity contribution < 1.29 is 91.7 Å². The lowest BCUT2D eigenvalue weighted by molar-refractivity contribution is -0.130. The first kappa shape index (κ1) is 66.3. The highest BCUT2D eigenvalue weighted by Crippen LogP contribution is 2.02. The molecule has 0 heterocycles. The average molecular weight is 1000 g/mol. The Morgan fingerprint density at radius 1 is 0.304 bits per heavy atom. The van der Waals surface area contributed by atoms with Crippen LogP contribution in [0.15, 0.2) is 0 Å². The highest BCUT2D eigenvalue weighted by Gasteiger charge is 2.14. The highest BCUT2D eigenvalue weighted by atomic mass is 16.6. The molecule has 69 heavy (non-hydrogen) atoms. The predicted octanol–water partition coefficient (Wildman–Crippen LogP) is -0.979. The minimum absolute atomic E-state index is 0.0506. The van der Waals surface area contributed by atoms with E-state index in [0.717, 1.165) is 0 Å². The van der Waals surface area contributed by atoms with Crippen molar-refractivity contribution in [3.8, 4) is 0 Å². The Labute approximate surface area is 409 Å². The van der Waals surface area contributed by atoms with Crippen LogP contribution in [0.2, 0.25) is 0 Å². The molecule has 2 atom stereocenters. The van der Waals surface area contributed by atoms with E-state index in [4.69, 9.17) is 62.3 Å². The molecule has 0 unspecified atom stereocenters. The highest BCUT2D eigenvalue weighted by molar-refractivity contribution is 5.80. The Morgan fingerprint density at radius 3 is 0.797 bits per heavy atom. The quantitative estimate of drug-likeness (QED) is 0.0340. The molecule has 0 aromatic heterocycles. The summed E-state index contributed by atoms with van der Waals surface area (Å²) in [6.45, 7) is 11.2. The van der Waals surface area contributed by atoms with Crippen LogP contribution in [-0.2, 0) is 71.3 Å². The molecule has 0 rings (SSSR count). The molecular formula is C46H90N4O19. The van der Waals surface area contributed by atoms with E-state index < -0.39 is 24.0 Å². The molecule has 0 spiro atoms. The van der Waals surface area contributed by atoms with Crippen molar-refractivity contribution in [2.24, 2.45) is 0 Å². The first-order valence-electron chi connectivity index (χ1n) is 24.8. The van der Waals surface area contributed by atoms with Crippen LogP contribution in [0.5, 0.6) is 0 Å². The summed E-state index contributed by atoms with van der Waals surface area (Å²) in [6, 6.07) is 0. The maximum Gasteiger partial charge on any atom is 0.248 e. The van der Waals surface area contributed by atoms with Crippen molar-refractivity contribution in [1.29, 1.82) is 0 Å². The fourth-order valence-electron chi connectivity index (χ4n) is 5.54. The Balaban J connectivity index is 3.28. The lowest BCUT2D eigenvalue weighted by atomic mass is 10.1. The van der Waals surface area contributed by atoms with Crippen LogP contribution in [0.4, 0.5) is 0 Å². The maximum atomic E-state index is 12.0. The molecule has 0 aliphatic heterocycles. The second-order valence-electron chi connectivity index (χ2n) is 15.4. The number of carbonyl (C=O) groups is 4. The third-order valence-electron chi connectivity index (χ3n) is 9.40. The third kappa shape index (κ3) is 51.4. The number of carbonyl (C=O) groups excluding carboxylic acids is 4. The van der Waals surface area contributed by atoms with Gasteiger partial charge in [0.2, 0.25) is 23.6 Å². The molecule has 0 saturated heterocycles. The number of hydrogen-bond donors (Lipinski definition) is 8. The Morgan fingerprint density at radius 2 is 0.536 bits per heavy atom. The summed E-state index contributed by atoms with van der Waals surface area (Å²) in [4.78, 5) is 47.4. The van der Waals surface area contributed by atoms with Crippen molar-refractivity contribution in [2.45, 2.75) is 89.3 Å². The van der Waals surface area contributed by atoms with Crippen LogP contribution in [0.1, 0.15) is 77.0 Å². The van der Waals surface area contributed by atoms with Crippen molar-refractivity contribution >= 4 is 23.6 Å². The van der Waals surface area contributed by atoms with Crippen LogP contribution < -0.4 is 21.3 Å². The van der Waals surface area contributed by atoms with Crippen LogP contribution in [0.25, 0.3) is 0 Å². The van der Waals surface area contributed by atoms with Gasteiger partial charge in [-0.25, -0.2) is 0 Å². The van der Waals surface area contributed by atoms with Crippen molar-refractivity contribution in [3.05, 3.63) is 0 Å². The number of ether oxygens (including phenoxy) is 11. The number of aliphatic hydroxyl groups excluding tert-OH is 4. The van der Waals surface area contributed by atoms with E-state index in [1.807, 2.05) is 0 Å². The average Bonchev–Trinajstić information content (AvgIpc) is 3.34. The Bertz CT molecular complexity index is 1070. The van der Waals surface area contributed by atoms with Crippen LogP contribution in [0.3, 0.4) is 0 Å². The molecule has 0 aliphatic carbocycles. The molecule has 8 N–H and O–H groups in total. The van der Waals surface area contributed by atoms with Gasteiger partial charge >= 0.3 is 0 Å². The first-order valence-corrected chi connectivity index (χ1v) is 24.8. The largest absolute Gasteiger partial charge is 0.396 e. The molecule has 0 saturated carbocycles. The van der Waals surface area contributed by atoms with Crippen molar-refractivity contribution in [2.75, 3.05) is 185 Å². The lowest BCUT2D eigenvalue weighted by Gasteiger charge is -2.11. The molecule has 23 heteroatoms.